The van der Waals surface area contributed by atoms with Gasteiger partial charge in [0.25, 0.3) is 5.91 Å². The number of nitrogens with one attached hydrogen (secondary N) is 1. The lowest BCUT2D eigenvalue weighted by Crippen LogP contribution is -2.33. The summed E-state index contributed by atoms with van der Waals surface area (Å²) in [5.41, 5.74) is 3.80. The van der Waals surface area contributed by atoms with Gasteiger partial charge in [-0.15, -0.1) is 0 Å². The van der Waals surface area contributed by atoms with Crippen molar-refractivity contribution < 1.29 is 19.8 Å². The zero-order valence-corrected chi connectivity index (χ0v) is 19.5. The summed E-state index contributed by atoms with van der Waals surface area (Å²) < 4.78 is 1.76. The Bertz CT molecular complexity index is 1570. The van der Waals surface area contributed by atoms with E-state index in [0.717, 1.165) is 10.9 Å². The summed E-state index contributed by atoms with van der Waals surface area (Å²) >= 11 is 0. The van der Waals surface area contributed by atoms with Crippen LogP contribution in [0.4, 0.5) is 0 Å². The molecular formula is C28H24N4O4. The molecule has 0 aliphatic rings. The lowest BCUT2D eigenvalue weighted by Gasteiger charge is -2.25. The third-order valence-electron chi connectivity index (χ3n) is 6.29. The van der Waals surface area contributed by atoms with Gasteiger partial charge in [-0.1, -0.05) is 48.5 Å². The lowest BCUT2D eigenvalue weighted by molar-refractivity contribution is -0.149. The largest absolute Gasteiger partial charge is 0.479 e. The topological polar surface area (TPSA) is 117 Å². The molecule has 5 rings (SSSR count). The Balaban J connectivity index is 1.80. The highest BCUT2D eigenvalue weighted by molar-refractivity contribution is 5.99. The second kappa shape index (κ2) is 9.59. The number of aliphatic hydroxyl groups is 1. The predicted octanol–water partition coefficient (Wildman–Crippen LogP) is 3.84. The molecule has 3 N–H and O–H groups in total. The first kappa shape index (κ1) is 23.2. The van der Waals surface area contributed by atoms with Crippen LogP contribution in [0, 0.1) is 0 Å². The first-order valence-electron chi connectivity index (χ1n) is 11.5. The molecule has 8 nitrogen and oxygen atoms in total. The monoisotopic (exact) mass is 480 g/mol. The van der Waals surface area contributed by atoms with E-state index in [1.54, 1.807) is 36.0 Å². The van der Waals surface area contributed by atoms with Gasteiger partial charge in [0.05, 0.1) is 22.6 Å². The van der Waals surface area contributed by atoms with Crippen LogP contribution in [0.2, 0.25) is 0 Å². The highest BCUT2D eigenvalue weighted by Crippen LogP contribution is 2.35. The lowest BCUT2D eigenvalue weighted by atomic mass is 9.99. The molecular weight excluding hydrogens is 456 g/mol. The van der Waals surface area contributed by atoms with Crippen molar-refractivity contribution in [2.24, 2.45) is 0 Å². The van der Waals surface area contributed by atoms with Gasteiger partial charge in [0.1, 0.15) is 5.82 Å². The van der Waals surface area contributed by atoms with Crippen molar-refractivity contribution >= 4 is 33.8 Å². The molecule has 0 bridgehead atoms. The quantitative estimate of drug-likeness (QED) is 0.326. The number of hydrogen-bond donors (Lipinski definition) is 3. The molecule has 0 saturated carbocycles. The number of aliphatic carboxylic acids is 1. The van der Waals surface area contributed by atoms with Crippen LogP contribution in [-0.4, -0.2) is 49.8 Å². The number of pyridine rings is 1. The summed E-state index contributed by atoms with van der Waals surface area (Å²) in [7, 11) is 1.55. The fourth-order valence-electron chi connectivity index (χ4n) is 4.56. The highest BCUT2D eigenvalue weighted by Gasteiger charge is 2.32. The molecule has 5 aromatic rings. The SMILES string of the molecule is CNC(=O)c1ccc2c(c1)nc(-c1cccc3cccnc13)n2[C@H](Cc1ccccc1)[C@H](O)C(=O)O. The van der Waals surface area contributed by atoms with Crippen molar-refractivity contribution in [3.8, 4) is 11.4 Å². The van der Waals surface area contributed by atoms with E-state index in [-0.39, 0.29) is 12.3 Å². The molecule has 0 saturated heterocycles. The molecule has 0 radical (unpaired) electrons. The fraction of sp³-hybridized carbons (Fsp3) is 0.143. The average Bonchev–Trinajstić information content (AvgIpc) is 3.29. The third kappa shape index (κ3) is 4.18. The molecule has 3 aromatic carbocycles. The van der Waals surface area contributed by atoms with Gasteiger partial charge in [-0.05, 0) is 42.3 Å². The molecule has 0 aliphatic carbocycles. The Kier molecular flexibility index (Phi) is 6.18. The van der Waals surface area contributed by atoms with Crippen molar-refractivity contribution in [2.45, 2.75) is 18.6 Å². The van der Waals surface area contributed by atoms with Gasteiger partial charge in [0.2, 0.25) is 0 Å². The van der Waals surface area contributed by atoms with Gasteiger partial charge in [0, 0.05) is 29.8 Å². The number of nitrogens with zero attached hydrogens (tertiary/aromatic N) is 3. The Morgan fingerprint density at radius 1 is 1.00 bits per heavy atom. The molecule has 2 aromatic heterocycles. The van der Waals surface area contributed by atoms with Gasteiger partial charge in [-0.2, -0.15) is 0 Å². The van der Waals surface area contributed by atoms with Crippen LogP contribution in [-0.2, 0) is 11.2 Å². The number of fused-ring (bicyclic) bond motifs is 2. The van der Waals surface area contributed by atoms with Crippen LogP contribution < -0.4 is 5.32 Å². The average molecular weight is 481 g/mol. The molecule has 0 unspecified atom stereocenters. The highest BCUT2D eigenvalue weighted by atomic mass is 16.4. The van der Waals surface area contributed by atoms with Gasteiger partial charge in [0.15, 0.2) is 6.10 Å². The normalized spacial score (nSPS) is 12.9. The van der Waals surface area contributed by atoms with E-state index in [2.05, 4.69) is 10.3 Å². The number of carboxylic acid groups (broad SMARTS) is 1. The molecule has 36 heavy (non-hydrogen) atoms. The maximum Gasteiger partial charge on any atom is 0.334 e. The van der Waals surface area contributed by atoms with E-state index in [4.69, 9.17) is 4.98 Å². The molecule has 0 fully saturated rings. The van der Waals surface area contributed by atoms with Crippen molar-refractivity contribution in [1.29, 1.82) is 0 Å². The number of aromatic nitrogens is 3. The van der Waals surface area contributed by atoms with E-state index in [9.17, 15) is 19.8 Å². The van der Waals surface area contributed by atoms with Crippen LogP contribution in [0.15, 0.2) is 85.1 Å². The maximum atomic E-state index is 12.3. The number of amides is 1. The molecule has 2 heterocycles. The van der Waals surface area contributed by atoms with E-state index < -0.39 is 18.1 Å². The Morgan fingerprint density at radius 2 is 1.78 bits per heavy atom. The zero-order valence-electron chi connectivity index (χ0n) is 19.5. The van der Waals surface area contributed by atoms with Crippen LogP contribution in [0.1, 0.15) is 22.0 Å². The van der Waals surface area contributed by atoms with Crippen molar-refractivity contribution in [3.05, 3.63) is 96.2 Å². The first-order valence-corrected chi connectivity index (χ1v) is 11.5. The van der Waals surface area contributed by atoms with Crippen molar-refractivity contribution in [3.63, 3.8) is 0 Å². The van der Waals surface area contributed by atoms with Gasteiger partial charge in [-0.3, -0.25) is 9.78 Å². The van der Waals surface area contributed by atoms with E-state index in [0.29, 0.717) is 33.5 Å². The van der Waals surface area contributed by atoms with Crippen LogP contribution >= 0.6 is 0 Å². The summed E-state index contributed by atoms with van der Waals surface area (Å²) in [4.78, 5) is 33.8. The minimum atomic E-state index is -1.71. The summed E-state index contributed by atoms with van der Waals surface area (Å²) in [6.07, 6.45) is 0.237. The van der Waals surface area contributed by atoms with E-state index in [1.807, 2.05) is 60.7 Å². The maximum absolute atomic E-state index is 12.3. The number of carboxylic acids is 1. The van der Waals surface area contributed by atoms with Crippen LogP contribution in [0.3, 0.4) is 0 Å². The number of benzene rings is 3. The Morgan fingerprint density at radius 3 is 2.53 bits per heavy atom. The summed E-state index contributed by atoms with van der Waals surface area (Å²) in [6.45, 7) is 0. The van der Waals surface area contributed by atoms with Gasteiger partial charge >= 0.3 is 5.97 Å². The molecule has 0 spiro atoms. The van der Waals surface area contributed by atoms with Gasteiger partial charge < -0.3 is 20.1 Å². The van der Waals surface area contributed by atoms with Gasteiger partial charge in [-0.25, -0.2) is 9.78 Å². The molecule has 2 atom stereocenters. The molecule has 0 aliphatic heterocycles. The first-order chi connectivity index (χ1) is 17.5. The Hall–Kier alpha value is -4.56. The molecule has 8 heteroatoms. The number of rotatable bonds is 7. The number of carbonyl (C=O) groups is 2. The fourth-order valence-corrected chi connectivity index (χ4v) is 4.56. The van der Waals surface area contributed by atoms with Crippen LogP contribution in [0.25, 0.3) is 33.3 Å². The predicted molar refractivity (Wildman–Crippen MR) is 137 cm³/mol. The molecule has 1 amide bonds. The third-order valence-corrected chi connectivity index (χ3v) is 6.29. The summed E-state index contributed by atoms with van der Waals surface area (Å²) in [5.74, 6) is -1.13. The number of imidazole rings is 1. The number of aliphatic hydroxyl groups excluding tert-OH is 1. The smallest absolute Gasteiger partial charge is 0.334 e. The van der Waals surface area contributed by atoms with E-state index >= 15 is 0 Å². The number of hydrogen-bond acceptors (Lipinski definition) is 5. The standard InChI is InChI=1S/C28H24N4O4/c1-29-27(34)19-12-13-22-21(16-19)31-26(20-11-5-9-18-10-6-14-30-24(18)20)32(22)23(25(33)28(35)36)15-17-7-3-2-4-8-17/h2-14,16,23,25,33H,15H2,1H3,(H,29,34)(H,35,36)/t23-,25+/m1/s1. The second-order valence-corrected chi connectivity index (χ2v) is 8.51. The zero-order chi connectivity index (χ0) is 25.2. The van der Waals surface area contributed by atoms with Crippen molar-refractivity contribution in [2.75, 3.05) is 7.05 Å². The number of para-hydroxylation sites is 1. The minimum absolute atomic E-state index is 0.252. The van der Waals surface area contributed by atoms with E-state index in [1.165, 1.54) is 0 Å². The summed E-state index contributed by atoms with van der Waals surface area (Å²) in [6, 6.07) is 23.1. The minimum Gasteiger partial charge on any atom is -0.479 e. The Labute approximate surface area is 206 Å². The second-order valence-electron chi connectivity index (χ2n) is 8.51. The van der Waals surface area contributed by atoms with Crippen molar-refractivity contribution in [1.82, 2.24) is 19.9 Å². The van der Waals surface area contributed by atoms with Crippen LogP contribution in [0.5, 0.6) is 0 Å². The molecule has 180 valence electrons. The number of carbonyl (C=O) groups excluding carboxylic acids is 1. The summed E-state index contributed by atoms with van der Waals surface area (Å²) in [5, 5.41) is 24.3.